The molecule has 0 aliphatic heterocycles. The lowest BCUT2D eigenvalue weighted by molar-refractivity contribution is 0.815. The Morgan fingerprint density at radius 3 is 3.05 bits per heavy atom. The summed E-state index contributed by atoms with van der Waals surface area (Å²) in [5, 5.41) is 3.97. The minimum absolute atomic E-state index is 0.771. The van der Waals surface area contributed by atoms with Crippen molar-refractivity contribution in [2.45, 2.75) is 6.54 Å². The van der Waals surface area contributed by atoms with Gasteiger partial charge < -0.3 is 4.57 Å². The smallest absolute Gasteiger partial charge is 0.193 e. The molecule has 94 valence electrons. The second-order valence-electron chi connectivity index (χ2n) is 4.47. The number of halogens is 1. The van der Waals surface area contributed by atoms with Crippen molar-refractivity contribution < 1.29 is 0 Å². The molecule has 0 radical (unpaired) electrons. The van der Waals surface area contributed by atoms with Crippen molar-refractivity contribution in [3.05, 3.63) is 59.0 Å². The highest BCUT2D eigenvalue weighted by Crippen LogP contribution is 2.21. The summed E-state index contributed by atoms with van der Waals surface area (Å²) in [5.74, 6) is 0. The Hall–Kier alpha value is -1.78. The summed E-state index contributed by atoms with van der Waals surface area (Å²) in [5.41, 5.74) is 2.25. The number of imidazole rings is 1. The van der Waals surface area contributed by atoms with Crippen LogP contribution in [0.25, 0.3) is 15.9 Å². The molecule has 3 heterocycles. The monoisotopic (exact) mass is 287 g/mol. The molecule has 0 aliphatic rings. The molecule has 0 atom stereocenters. The SMILES string of the molecule is Clc1ccc2c(ccn2Cc2cn3ccsc3n2)c1. The normalized spacial score (nSPS) is 11.6. The van der Waals surface area contributed by atoms with Crippen LogP contribution in [0, 0.1) is 0 Å². The van der Waals surface area contributed by atoms with Crippen LogP contribution in [0.4, 0.5) is 0 Å². The van der Waals surface area contributed by atoms with Crippen LogP contribution < -0.4 is 0 Å². The maximum Gasteiger partial charge on any atom is 0.193 e. The van der Waals surface area contributed by atoms with Gasteiger partial charge in [-0.2, -0.15) is 0 Å². The fraction of sp³-hybridized carbons (Fsp3) is 0.0714. The summed E-state index contributed by atoms with van der Waals surface area (Å²) < 4.78 is 4.25. The zero-order valence-corrected chi connectivity index (χ0v) is 11.5. The van der Waals surface area contributed by atoms with Crippen molar-refractivity contribution in [1.82, 2.24) is 14.0 Å². The average molecular weight is 288 g/mol. The third-order valence-electron chi connectivity index (χ3n) is 3.21. The van der Waals surface area contributed by atoms with Crippen molar-refractivity contribution in [3.63, 3.8) is 0 Å². The molecule has 0 unspecified atom stereocenters. The van der Waals surface area contributed by atoms with Gasteiger partial charge in [-0.25, -0.2) is 4.98 Å². The molecule has 4 aromatic rings. The molecular weight excluding hydrogens is 278 g/mol. The van der Waals surface area contributed by atoms with Gasteiger partial charge in [-0.05, 0) is 24.3 Å². The Labute approximate surface area is 118 Å². The first-order chi connectivity index (χ1) is 9.29. The number of hydrogen-bond acceptors (Lipinski definition) is 2. The maximum absolute atomic E-state index is 6.00. The lowest BCUT2D eigenvalue weighted by Gasteiger charge is -2.02. The molecule has 0 saturated carbocycles. The van der Waals surface area contributed by atoms with Gasteiger partial charge in [0.05, 0.1) is 12.2 Å². The molecule has 1 aromatic carbocycles. The molecule has 0 fully saturated rings. The highest BCUT2D eigenvalue weighted by Gasteiger charge is 2.06. The van der Waals surface area contributed by atoms with Gasteiger partial charge in [0.15, 0.2) is 4.96 Å². The second-order valence-corrected chi connectivity index (χ2v) is 5.78. The molecule has 19 heavy (non-hydrogen) atoms. The van der Waals surface area contributed by atoms with E-state index in [9.17, 15) is 0 Å². The molecule has 4 rings (SSSR count). The lowest BCUT2D eigenvalue weighted by Crippen LogP contribution is -1.97. The van der Waals surface area contributed by atoms with Crippen LogP contribution in [0.5, 0.6) is 0 Å². The molecule has 0 bridgehead atoms. The minimum Gasteiger partial charge on any atom is -0.341 e. The Balaban J connectivity index is 1.76. The predicted molar refractivity (Wildman–Crippen MR) is 79.1 cm³/mol. The summed E-state index contributed by atoms with van der Waals surface area (Å²) in [4.78, 5) is 5.64. The fourth-order valence-corrected chi connectivity index (χ4v) is 3.24. The molecule has 3 aromatic heterocycles. The average Bonchev–Trinajstić information content (AvgIpc) is 3.04. The van der Waals surface area contributed by atoms with Gasteiger partial charge in [0, 0.05) is 39.9 Å². The second kappa shape index (κ2) is 4.11. The van der Waals surface area contributed by atoms with Crippen molar-refractivity contribution in [2.24, 2.45) is 0 Å². The quantitative estimate of drug-likeness (QED) is 0.545. The Kier molecular flexibility index (Phi) is 2.40. The molecule has 5 heteroatoms. The van der Waals surface area contributed by atoms with Gasteiger partial charge in [0.2, 0.25) is 0 Å². The number of benzene rings is 1. The van der Waals surface area contributed by atoms with Gasteiger partial charge in [-0.1, -0.05) is 11.6 Å². The van der Waals surface area contributed by atoms with Crippen molar-refractivity contribution in [1.29, 1.82) is 0 Å². The summed E-state index contributed by atoms with van der Waals surface area (Å²) >= 11 is 7.65. The van der Waals surface area contributed by atoms with Crippen LogP contribution in [-0.2, 0) is 6.54 Å². The Morgan fingerprint density at radius 1 is 1.21 bits per heavy atom. The van der Waals surface area contributed by atoms with Crippen LogP contribution in [-0.4, -0.2) is 14.0 Å². The summed E-state index contributed by atoms with van der Waals surface area (Å²) in [7, 11) is 0. The van der Waals surface area contributed by atoms with E-state index in [0.717, 1.165) is 27.6 Å². The van der Waals surface area contributed by atoms with Crippen LogP contribution in [0.3, 0.4) is 0 Å². The summed E-state index contributed by atoms with van der Waals surface area (Å²) in [6.07, 6.45) is 6.19. The zero-order chi connectivity index (χ0) is 12.8. The molecule has 3 nitrogen and oxygen atoms in total. The fourth-order valence-electron chi connectivity index (χ4n) is 2.34. The van der Waals surface area contributed by atoms with Gasteiger partial charge in [0.1, 0.15) is 0 Å². The zero-order valence-electron chi connectivity index (χ0n) is 9.95. The number of aromatic nitrogens is 3. The number of thiazole rings is 1. The van der Waals surface area contributed by atoms with Gasteiger partial charge in [-0.15, -0.1) is 11.3 Å². The molecular formula is C14H10ClN3S. The largest absolute Gasteiger partial charge is 0.341 e. The van der Waals surface area contributed by atoms with E-state index in [1.807, 2.05) is 23.7 Å². The van der Waals surface area contributed by atoms with Crippen LogP contribution in [0.1, 0.15) is 5.69 Å². The van der Waals surface area contributed by atoms with Gasteiger partial charge in [-0.3, -0.25) is 4.40 Å². The number of rotatable bonds is 2. The van der Waals surface area contributed by atoms with E-state index in [0.29, 0.717) is 0 Å². The molecule has 0 amide bonds. The first kappa shape index (κ1) is 11.1. The highest BCUT2D eigenvalue weighted by molar-refractivity contribution is 7.15. The standard InChI is InChI=1S/C14H10ClN3S/c15-11-1-2-13-10(7-11)3-4-17(13)8-12-9-18-5-6-19-14(18)16-12/h1-7,9H,8H2. The Bertz CT molecular complexity index is 843. The van der Waals surface area contributed by atoms with Crippen molar-refractivity contribution in [2.75, 3.05) is 0 Å². The molecule has 0 spiro atoms. The number of fused-ring (bicyclic) bond motifs is 2. The predicted octanol–water partition coefficient (Wildman–Crippen LogP) is 4.05. The molecule has 0 aliphatic carbocycles. The summed E-state index contributed by atoms with van der Waals surface area (Å²) in [6, 6.07) is 8.04. The maximum atomic E-state index is 6.00. The highest BCUT2D eigenvalue weighted by atomic mass is 35.5. The number of hydrogen-bond donors (Lipinski definition) is 0. The van der Waals surface area contributed by atoms with Crippen LogP contribution >= 0.6 is 22.9 Å². The van der Waals surface area contributed by atoms with E-state index in [1.165, 1.54) is 5.52 Å². The van der Waals surface area contributed by atoms with Crippen molar-refractivity contribution >= 4 is 38.8 Å². The van der Waals surface area contributed by atoms with E-state index in [2.05, 4.69) is 38.5 Å². The third-order valence-corrected chi connectivity index (χ3v) is 4.21. The lowest BCUT2D eigenvalue weighted by atomic mass is 10.2. The van der Waals surface area contributed by atoms with E-state index in [-0.39, 0.29) is 0 Å². The van der Waals surface area contributed by atoms with Gasteiger partial charge in [0.25, 0.3) is 0 Å². The number of nitrogens with zero attached hydrogens (tertiary/aromatic N) is 3. The van der Waals surface area contributed by atoms with E-state index < -0.39 is 0 Å². The van der Waals surface area contributed by atoms with Crippen LogP contribution in [0.15, 0.2) is 48.2 Å². The molecule has 0 N–H and O–H groups in total. The summed E-state index contributed by atoms with van der Waals surface area (Å²) in [6.45, 7) is 0.777. The van der Waals surface area contributed by atoms with E-state index >= 15 is 0 Å². The molecule has 0 saturated heterocycles. The van der Waals surface area contributed by atoms with Crippen molar-refractivity contribution in [3.8, 4) is 0 Å². The van der Waals surface area contributed by atoms with E-state index in [1.54, 1.807) is 11.3 Å². The first-order valence-electron chi connectivity index (χ1n) is 5.95. The van der Waals surface area contributed by atoms with Crippen LogP contribution in [0.2, 0.25) is 5.02 Å². The van der Waals surface area contributed by atoms with E-state index in [4.69, 9.17) is 11.6 Å². The minimum atomic E-state index is 0.771. The first-order valence-corrected chi connectivity index (χ1v) is 7.21. The third kappa shape index (κ3) is 1.84. The van der Waals surface area contributed by atoms with Gasteiger partial charge >= 0.3 is 0 Å². The topological polar surface area (TPSA) is 22.2 Å². The Morgan fingerprint density at radius 2 is 2.16 bits per heavy atom.